The van der Waals surface area contributed by atoms with Crippen molar-refractivity contribution in [1.82, 2.24) is 20.2 Å². The predicted octanol–water partition coefficient (Wildman–Crippen LogP) is 5.24. The lowest BCUT2D eigenvalue weighted by molar-refractivity contribution is 0.578. The van der Waals surface area contributed by atoms with E-state index in [4.69, 9.17) is 16.6 Å². The fraction of sp³-hybridized carbons (Fsp3) is 0.261. The minimum absolute atomic E-state index is 0.230. The highest BCUT2D eigenvalue weighted by molar-refractivity contribution is 6.35. The first-order chi connectivity index (χ1) is 14.7. The highest BCUT2D eigenvalue weighted by Gasteiger charge is 2.18. The van der Waals surface area contributed by atoms with Crippen molar-refractivity contribution in [1.29, 1.82) is 0 Å². The molecule has 0 spiro atoms. The summed E-state index contributed by atoms with van der Waals surface area (Å²) in [5.41, 5.74) is 3.61. The van der Waals surface area contributed by atoms with E-state index in [-0.39, 0.29) is 5.56 Å². The lowest BCUT2D eigenvalue weighted by atomic mass is 10.0. The van der Waals surface area contributed by atoms with E-state index in [1.165, 1.54) is 25.7 Å². The molecule has 2 aromatic carbocycles. The zero-order valence-corrected chi connectivity index (χ0v) is 17.2. The number of hydrogen-bond acceptors (Lipinski definition) is 4. The number of aromatic nitrogens is 4. The first kappa shape index (κ1) is 18.9. The normalized spacial score (nSPS) is 14.4. The Labute approximate surface area is 178 Å². The number of H-pyrrole nitrogens is 2. The van der Waals surface area contributed by atoms with Crippen LogP contribution in [-0.4, -0.2) is 26.7 Å². The van der Waals surface area contributed by atoms with Gasteiger partial charge in [0.15, 0.2) is 5.82 Å². The standard InChI is InChI=1S/C23H22ClN5O/c24-18-11-16(10-17-13-26-29-19(17)18)21-20(15-8-2-1-3-9-15)27-22(23(30)28-21)25-12-14-6-4-5-7-14/h1-3,8-11,13-14H,4-7,12H2,(H,25,27)(H,26,29)(H,28,30). The van der Waals surface area contributed by atoms with Gasteiger partial charge in [0.2, 0.25) is 0 Å². The Kier molecular flexibility index (Phi) is 5.01. The second kappa shape index (κ2) is 7.95. The van der Waals surface area contributed by atoms with E-state index in [1.807, 2.05) is 42.5 Å². The fourth-order valence-electron chi connectivity index (χ4n) is 4.20. The molecule has 0 amide bonds. The molecule has 152 valence electrons. The van der Waals surface area contributed by atoms with Crippen LogP contribution in [0.1, 0.15) is 25.7 Å². The molecule has 1 aliphatic rings. The van der Waals surface area contributed by atoms with Crippen LogP contribution in [0, 0.1) is 5.92 Å². The van der Waals surface area contributed by atoms with Crippen LogP contribution in [0.15, 0.2) is 53.5 Å². The maximum absolute atomic E-state index is 12.9. The summed E-state index contributed by atoms with van der Waals surface area (Å²) in [4.78, 5) is 20.7. The minimum Gasteiger partial charge on any atom is -0.365 e. The Morgan fingerprint density at radius 1 is 1.10 bits per heavy atom. The first-order valence-electron chi connectivity index (χ1n) is 10.3. The quantitative estimate of drug-likeness (QED) is 0.413. The zero-order chi connectivity index (χ0) is 20.5. The van der Waals surface area contributed by atoms with E-state index in [2.05, 4.69) is 20.5 Å². The van der Waals surface area contributed by atoms with Gasteiger partial charge < -0.3 is 10.3 Å². The van der Waals surface area contributed by atoms with Crippen LogP contribution in [0.5, 0.6) is 0 Å². The van der Waals surface area contributed by atoms with Crippen LogP contribution >= 0.6 is 11.6 Å². The summed E-state index contributed by atoms with van der Waals surface area (Å²) in [7, 11) is 0. The average molecular weight is 420 g/mol. The van der Waals surface area contributed by atoms with E-state index in [0.717, 1.165) is 28.6 Å². The molecule has 0 saturated heterocycles. The maximum atomic E-state index is 12.9. The Morgan fingerprint density at radius 3 is 2.70 bits per heavy atom. The number of nitrogens with one attached hydrogen (secondary N) is 3. The van der Waals surface area contributed by atoms with Crippen LogP contribution in [0.4, 0.5) is 5.82 Å². The van der Waals surface area contributed by atoms with E-state index in [9.17, 15) is 4.79 Å². The summed E-state index contributed by atoms with van der Waals surface area (Å²) in [6.07, 6.45) is 6.66. The van der Waals surface area contributed by atoms with Gasteiger partial charge in [-0.2, -0.15) is 5.10 Å². The Morgan fingerprint density at radius 2 is 1.90 bits per heavy atom. The highest BCUT2D eigenvalue weighted by atomic mass is 35.5. The molecule has 4 aromatic rings. The molecule has 2 heterocycles. The molecule has 2 aromatic heterocycles. The van der Waals surface area contributed by atoms with Crippen LogP contribution in [-0.2, 0) is 0 Å². The van der Waals surface area contributed by atoms with Gasteiger partial charge in [-0.3, -0.25) is 9.89 Å². The molecular formula is C23H22ClN5O. The largest absolute Gasteiger partial charge is 0.365 e. The lowest BCUT2D eigenvalue weighted by Crippen LogP contribution is -2.21. The number of nitrogens with zero attached hydrogens (tertiary/aromatic N) is 2. The van der Waals surface area contributed by atoms with E-state index >= 15 is 0 Å². The van der Waals surface area contributed by atoms with Crippen molar-refractivity contribution in [2.75, 3.05) is 11.9 Å². The second-order valence-corrected chi connectivity index (χ2v) is 8.24. The zero-order valence-electron chi connectivity index (χ0n) is 16.4. The molecule has 0 aliphatic heterocycles. The molecule has 1 saturated carbocycles. The number of fused-ring (bicyclic) bond motifs is 1. The third kappa shape index (κ3) is 3.59. The van der Waals surface area contributed by atoms with Crippen molar-refractivity contribution in [2.45, 2.75) is 25.7 Å². The fourth-order valence-corrected chi connectivity index (χ4v) is 4.47. The Bertz CT molecular complexity index is 1240. The van der Waals surface area contributed by atoms with Crippen molar-refractivity contribution < 1.29 is 0 Å². The third-order valence-electron chi connectivity index (χ3n) is 5.78. The molecule has 1 fully saturated rings. The van der Waals surface area contributed by atoms with Crippen molar-refractivity contribution >= 4 is 28.3 Å². The molecule has 0 radical (unpaired) electrons. The van der Waals surface area contributed by atoms with Crippen molar-refractivity contribution in [2.24, 2.45) is 5.92 Å². The molecule has 0 unspecified atom stereocenters. The van der Waals surface area contributed by atoms with Gasteiger partial charge in [0.1, 0.15) is 0 Å². The van der Waals surface area contributed by atoms with Crippen molar-refractivity contribution in [3.8, 4) is 22.5 Å². The lowest BCUT2D eigenvalue weighted by Gasteiger charge is -2.14. The predicted molar refractivity (Wildman–Crippen MR) is 121 cm³/mol. The number of halogens is 1. The van der Waals surface area contributed by atoms with Crippen LogP contribution in [0.3, 0.4) is 0 Å². The average Bonchev–Trinajstić information content (AvgIpc) is 3.45. The molecule has 7 heteroatoms. The van der Waals surface area contributed by atoms with Gasteiger partial charge in [-0.05, 0) is 30.9 Å². The van der Waals surface area contributed by atoms with Gasteiger partial charge >= 0.3 is 0 Å². The van der Waals surface area contributed by atoms with Gasteiger partial charge in [0.05, 0.1) is 28.1 Å². The van der Waals surface area contributed by atoms with Crippen molar-refractivity contribution in [3.63, 3.8) is 0 Å². The Hall–Kier alpha value is -3.12. The van der Waals surface area contributed by atoms with Gasteiger partial charge in [0.25, 0.3) is 5.56 Å². The van der Waals surface area contributed by atoms with Crippen LogP contribution < -0.4 is 10.9 Å². The maximum Gasteiger partial charge on any atom is 0.291 e. The van der Waals surface area contributed by atoms with E-state index in [1.54, 1.807) is 6.20 Å². The Balaban J connectivity index is 1.61. The monoisotopic (exact) mass is 419 g/mol. The number of benzene rings is 2. The second-order valence-electron chi connectivity index (χ2n) is 7.83. The number of anilines is 1. The molecule has 1 aliphatic carbocycles. The summed E-state index contributed by atoms with van der Waals surface area (Å²) in [5.74, 6) is 0.966. The number of hydrogen-bond donors (Lipinski definition) is 3. The van der Waals surface area contributed by atoms with Crippen LogP contribution in [0.25, 0.3) is 33.4 Å². The van der Waals surface area contributed by atoms with Gasteiger partial charge in [0, 0.05) is 23.1 Å². The first-order valence-corrected chi connectivity index (χ1v) is 10.6. The summed E-state index contributed by atoms with van der Waals surface area (Å²) in [6, 6.07) is 13.6. The molecule has 3 N–H and O–H groups in total. The summed E-state index contributed by atoms with van der Waals surface area (Å²) < 4.78 is 0. The topological polar surface area (TPSA) is 86.5 Å². The van der Waals surface area contributed by atoms with Gasteiger partial charge in [-0.1, -0.05) is 54.8 Å². The molecule has 30 heavy (non-hydrogen) atoms. The number of rotatable bonds is 5. The third-order valence-corrected chi connectivity index (χ3v) is 6.08. The smallest absolute Gasteiger partial charge is 0.291 e. The summed E-state index contributed by atoms with van der Waals surface area (Å²) >= 11 is 6.45. The van der Waals surface area contributed by atoms with Crippen molar-refractivity contribution in [3.05, 3.63) is 64.0 Å². The summed E-state index contributed by atoms with van der Waals surface area (Å²) in [5, 5.41) is 11.7. The number of aromatic amines is 2. The molecular weight excluding hydrogens is 398 g/mol. The highest BCUT2D eigenvalue weighted by Crippen LogP contribution is 2.33. The molecule has 0 bridgehead atoms. The van der Waals surface area contributed by atoms with E-state index in [0.29, 0.717) is 28.1 Å². The molecule has 0 atom stereocenters. The molecule has 5 rings (SSSR count). The van der Waals surface area contributed by atoms with E-state index < -0.39 is 0 Å². The SMILES string of the molecule is O=c1[nH]c(-c2cc(Cl)c3[nH]ncc3c2)c(-c2ccccc2)nc1NCC1CCCC1. The van der Waals surface area contributed by atoms with Gasteiger partial charge in [-0.15, -0.1) is 0 Å². The summed E-state index contributed by atoms with van der Waals surface area (Å²) in [6.45, 7) is 0.774. The van der Waals surface area contributed by atoms with Crippen LogP contribution in [0.2, 0.25) is 5.02 Å². The van der Waals surface area contributed by atoms with Gasteiger partial charge in [-0.25, -0.2) is 4.98 Å². The molecule has 6 nitrogen and oxygen atoms in total. The minimum atomic E-state index is -0.230.